The van der Waals surface area contributed by atoms with E-state index in [4.69, 9.17) is 8.85 Å². The highest BCUT2D eigenvalue weighted by Crippen LogP contribution is 2.42. The van der Waals surface area contributed by atoms with Crippen molar-refractivity contribution in [3.63, 3.8) is 0 Å². The van der Waals surface area contributed by atoms with Crippen LogP contribution in [0.5, 0.6) is 11.5 Å². The van der Waals surface area contributed by atoms with E-state index in [1.54, 1.807) is 0 Å². The molecule has 2 aromatic rings. The molecule has 2 aromatic carbocycles. The fraction of sp³-hybridized carbons (Fsp3) is 0.538. The molecule has 0 bridgehead atoms. The van der Waals surface area contributed by atoms with Gasteiger partial charge in [0.1, 0.15) is 11.5 Å². The molecule has 0 radical (unpaired) electrons. The number of rotatable bonds is 4. The fourth-order valence-corrected chi connectivity index (χ4v) is 6.63. The van der Waals surface area contributed by atoms with Gasteiger partial charge in [-0.25, -0.2) is 0 Å². The third-order valence-electron chi connectivity index (χ3n) is 7.44. The highest BCUT2D eigenvalue weighted by molar-refractivity contribution is 7.83. The third kappa shape index (κ3) is 5.23. The molecule has 0 unspecified atom stereocenters. The average Bonchev–Trinajstić information content (AvgIpc) is 2.74. The summed E-state index contributed by atoms with van der Waals surface area (Å²) in [6.07, 6.45) is 0. The van der Waals surface area contributed by atoms with Crippen molar-refractivity contribution in [2.75, 3.05) is 0 Å². The molecule has 32 heavy (non-hydrogen) atoms. The van der Waals surface area contributed by atoms with E-state index in [0.29, 0.717) is 11.5 Å². The van der Waals surface area contributed by atoms with Crippen molar-refractivity contribution < 1.29 is 13.1 Å². The number of hydrogen-bond donors (Lipinski definition) is 0. The van der Waals surface area contributed by atoms with Gasteiger partial charge in [0.15, 0.2) is 0 Å². The summed E-state index contributed by atoms with van der Waals surface area (Å²) in [5.41, 5.74) is 4.49. The topological polar surface area (TPSA) is 35.5 Å². The van der Waals surface area contributed by atoms with Gasteiger partial charge in [-0.2, -0.15) is 0 Å². The van der Waals surface area contributed by atoms with Gasteiger partial charge in [0.05, 0.1) is 0 Å². The van der Waals surface area contributed by atoms with Crippen molar-refractivity contribution in [2.24, 2.45) is 0 Å². The minimum absolute atomic E-state index is 0.128. The Balaban J connectivity index is 2.07. The van der Waals surface area contributed by atoms with Crippen LogP contribution in [0.2, 0.25) is 36.3 Å². The molecule has 1 heterocycles. The van der Waals surface area contributed by atoms with Crippen LogP contribution >= 0.6 is 0 Å². The van der Waals surface area contributed by atoms with Crippen molar-refractivity contribution >= 4 is 27.4 Å². The van der Waals surface area contributed by atoms with E-state index >= 15 is 0 Å². The lowest BCUT2D eigenvalue weighted by molar-refractivity contribution is 0.491. The summed E-state index contributed by atoms with van der Waals surface area (Å²) >= 11 is 0. The Morgan fingerprint density at radius 1 is 0.688 bits per heavy atom. The molecular weight excluding hydrogens is 449 g/mol. The summed E-state index contributed by atoms with van der Waals surface area (Å²) < 4.78 is 26.0. The Labute approximate surface area is 199 Å². The minimum Gasteiger partial charge on any atom is -0.543 e. The molecule has 0 amide bonds. The molecule has 1 aliphatic heterocycles. The average molecular weight is 489 g/mol. The van der Waals surface area contributed by atoms with E-state index in [-0.39, 0.29) is 10.1 Å². The number of hydrogen-bond acceptors (Lipinski definition) is 3. The summed E-state index contributed by atoms with van der Waals surface area (Å²) in [4.78, 5) is 0. The van der Waals surface area contributed by atoms with E-state index < -0.39 is 27.4 Å². The highest BCUT2D eigenvalue weighted by atomic mass is 32.2. The van der Waals surface area contributed by atoms with Crippen molar-refractivity contribution in [1.82, 2.24) is 0 Å². The monoisotopic (exact) mass is 488 g/mol. The van der Waals surface area contributed by atoms with Gasteiger partial charge in [0.2, 0.25) is 16.6 Å². The van der Waals surface area contributed by atoms with Crippen molar-refractivity contribution in [3.8, 4) is 22.6 Å². The van der Waals surface area contributed by atoms with Crippen LogP contribution in [0.3, 0.4) is 0 Å². The Morgan fingerprint density at radius 2 is 1.03 bits per heavy atom. The molecule has 0 spiro atoms. The Kier molecular flexibility index (Phi) is 6.66. The van der Waals surface area contributed by atoms with Gasteiger partial charge in [-0.1, -0.05) is 53.7 Å². The van der Waals surface area contributed by atoms with Crippen LogP contribution in [0.4, 0.5) is 0 Å². The highest BCUT2D eigenvalue weighted by Gasteiger charge is 2.40. The molecule has 0 saturated carbocycles. The first-order chi connectivity index (χ1) is 14.5. The predicted molar refractivity (Wildman–Crippen MR) is 143 cm³/mol. The van der Waals surface area contributed by atoms with E-state index in [9.17, 15) is 4.21 Å². The van der Waals surface area contributed by atoms with Crippen molar-refractivity contribution in [2.45, 2.75) is 89.3 Å². The lowest BCUT2D eigenvalue weighted by Gasteiger charge is -2.37. The lowest BCUT2D eigenvalue weighted by atomic mass is 9.96. The summed E-state index contributed by atoms with van der Waals surface area (Å²) in [7, 11) is -4.83. The SMILES string of the molecule is CC(C)(C)[Si](C)(C)Oc1ccc2c(c1)-c1cc(O[Si](C)(C)C(C)(C)C)ccc1CS(=O)C2. The molecule has 0 aliphatic carbocycles. The quantitative estimate of drug-likeness (QED) is 0.410. The van der Waals surface area contributed by atoms with Gasteiger partial charge >= 0.3 is 0 Å². The number of fused-ring (bicyclic) bond motifs is 3. The molecule has 0 fully saturated rings. The second kappa shape index (κ2) is 8.44. The largest absolute Gasteiger partial charge is 0.543 e. The molecular formula is C26H40O3SSi2. The van der Waals surface area contributed by atoms with Crippen LogP contribution in [0.1, 0.15) is 52.7 Å². The van der Waals surface area contributed by atoms with Gasteiger partial charge < -0.3 is 8.85 Å². The summed E-state index contributed by atoms with van der Waals surface area (Å²) in [6.45, 7) is 22.6. The second-order valence-electron chi connectivity index (χ2n) is 12.1. The summed E-state index contributed by atoms with van der Waals surface area (Å²) in [5, 5.41) is 0.257. The van der Waals surface area contributed by atoms with E-state index in [2.05, 4.69) is 104 Å². The van der Waals surface area contributed by atoms with Crippen LogP contribution in [0, 0.1) is 0 Å². The Morgan fingerprint density at radius 3 is 1.34 bits per heavy atom. The van der Waals surface area contributed by atoms with Gasteiger partial charge in [0.25, 0.3) is 0 Å². The van der Waals surface area contributed by atoms with Crippen molar-refractivity contribution in [3.05, 3.63) is 47.5 Å². The predicted octanol–water partition coefficient (Wildman–Crippen LogP) is 7.88. The zero-order valence-corrected chi connectivity index (χ0v) is 24.3. The molecule has 3 rings (SSSR count). The molecule has 6 heteroatoms. The molecule has 0 aromatic heterocycles. The third-order valence-corrected chi connectivity index (χ3v) is 17.4. The smallest absolute Gasteiger partial charge is 0.250 e. The molecule has 3 nitrogen and oxygen atoms in total. The van der Waals surface area contributed by atoms with Crippen LogP contribution in [0.15, 0.2) is 36.4 Å². The second-order valence-corrected chi connectivity index (χ2v) is 23.0. The molecule has 1 aliphatic rings. The maximum absolute atomic E-state index is 12.8. The van der Waals surface area contributed by atoms with Gasteiger partial charge in [0, 0.05) is 22.3 Å². The standard InChI is InChI=1S/C26H40O3SSi2/c1-25(2,3)31(7,8)28-21-13-11-19-17-30(27)18-20-12-14-22(16-24(20)23(19)15-21)29-32(9,10)26(4,5)6/h11-16H,17-18H2,1-10H3. The summed E-state index contributed by atoms with van der Waals surface area (Å²) in [6, 6.07) is 12.6. The van der Waals surface area contributed by atoms with Gasteiger partial charge in [-0.05, 0) is 82.8 Å². The van der Waals surface area contributed by atoms with E-state index in [0.717, 1.165) is 33.8 Å². The zero-order chi connectivity index (χ0) is 24.1. The van der Waals surface area contributed by atoms with Gasteiger partial charge in [-0.3, -0.25) is 4.21 Å². The molecule has 0 saturated heterocycles. The van der Waals surface area contributed by atoms with Crippen LogP contribution in [-0.4, -0.2) is 20.8 Å². The lowest BCUT2D eigenvalue weighted by Crippen LogP contribution is -2.43. The number of benzene rings is 2. The molecule has 0 atom stereocenters. The molecule has 0 N–H and O–H groups in total. The maximum atomic E-state index is 12.8. The normalized spacial score (nSPS) is 15.6. The fourth-order valence-electron chi connectivity index (χ4n) is 3.28. The van der Waals surface area contributed by atoms with Crippen LogP contribution in [0.25, 0.3) is 11.1 Å². The summed E-state index contributed by atoms with van der Waals surface area (Å²) in [5.74, 6) is 2.96. The van der Waals surface area contributed by atoms with Gasteiger partial charge in [-0.15, -0.1) is 0 Å². The first-order valence-electron chi connectivity index (χ1n) is 11.5. The van der Waals surface area contributed by atoms with Crippen LogP contribution < -0.4 is 8.85 Å². The first kappa shape index (κ1) is 25.3. The zero-order valence-electron chi connectivity index (χ0n) is 21.5. The molecule has 176 valence electrons. The Hall–Kier alpha value is -1.38. The Bertz CT molecular complexity index is 949. The van der Waals surface area contributed by atoms with Crippen molar-refractivity contribution in [1.29, 1.82) is 0 Å². The first-order valence-corrected chi connectivity index (χ1v) is 18.8. The maximum Gasteiger partial charge on any atom is 0.250 e. The van der Waals surface area contributed by atoms with E-state index in [1.807, 2.05) is 0 Å². The van der Waals surface area contributed by atoms with Crippen LogP contribution in [-0.2, 0) is 22.3 Å². The minimum atomic E-state index is -1.95. The van der Waals surface area contributed by atoms with E-state index in [1.165, 1.54) is 0 Å².